The highest BCUT2D eigenvalue weighted by molar-refractivity contribution is 7.99. The van der Waals surface area contributed by atoms with E-state index in [0.29, 0.717) is 6.61 Å². The topological polar surface area (TPSA) is 73.1 Å². The molecule has 0 amide bonds. The number of ether oxygens (including phenoxy) is 1. The molecule has 0 fully saturated rings. The van der Waals surface area contributed by atoms with Gasteiger partial charge in [0.25, 0.3) is 0 Å². The summed E-state index contributed by atoms with van der Waals surface area (Å²) in [6.07, 6.45) is 2.17. The van der Waals surface area contributed by atoms with Crippen LogP contribution in [0.2, 0.25) is 0 Å². The fourth-order valence-corrected chi connectivity index (χ4v) is 5.23. The molecular formula is C30H36N6OS. The second-order valence-corrected chi connectivity index (χ2v) is 11.3. The van der Waals surface area contributed by atoms with Gasteiger partial charge in [-0.1, -0.05) is 24.3 Å². The molecule has 0 bridgehead atoms. The monoisotopic (exact) mass is 528 g/mol. The number of imidazole rings is 2. The van der Waals surface area contributed by atoms with Crippen molar-refractivity contribution in [2.75, 3.05) is 53.6 Å². The van der Waals surface area contributed by atoms with E-state index in [2.05, 4.69) is 90.4 Å². The lowest BCUT2D eigenvalue weighted by Gasteiger charge is -2.10. The van der Waals surface area contributed by atoms with Crippen molar-refractivity contribution in [3.8, 4) is 28.5 Å². The lowest BCUT2D eigenvalue weighted by Crippen LogP contribution is -2.15. The third kappa shape index (κ3) is 6.56. The molecule has 3 aromatic carbocycles. The minimum absolute atomic E-state index is 0.699. The largest absolute Gasteiger partial charge is 0.493 e. The molecule has 0 radical (unpaired) electrons. The number of fused-ring (bicyclic) bond motifs is 2. The Hall–Kier alpha value is -3.33. The van der Waals surface area contributed by atoms with Crippen LogP contribution < -0.4 is 4.74 Å². The van der Waals surface area contributed by atoms with Crippen LogP contribution in [0.5, 0.6) is 5.75 Å². The average Bonchev–Trinajstić information content (AvgIpc) is 3.53. The fraction of sp³-hybridized carbons (Fsp3) is 0.333. The zero-order valence-corrected chi connectivity index (χ0v) is 23.4. The minimum atomic E-state index is 0.699. The van der Waals surface area contributed by atoms with Crippen LogP contribution in [0, 0.1) is 0 Å². The van der Waals surface area contributed by atoms with Crippen molar-refractivity contribution in [2.45, 2.75) is 17.7 Å². The third-order valence-corrected chi connectivity index (χ3v) is 7.46. The highest BCUT2D eigenvalue weighted by atomic mass is 32.2. The molecule has 0 spiro atoms. The molecule has 5 aromatic rings. The number of H-pyrrole nitrogens is 2. The Bertz CT molecular complexity index is 1380. The average molecular weight is 529 g/mol. The molecular weight excluding hydrogens is 492 g/mol. The van der Waals surface area contributed by atoms with Crippen molar-refractivity contribution < 1.29 is 4.74 Å². The zero-order valence-electron chi connectivity index (χ0n) is 22.6. The van der Waals surface area contributed by atoms with E-state index in [1.54, 1.807) is 0 Å². The Morgan fingerprint density at radius 1 is 0.711 bits per heavy atom. The summed E-state index contributed by atoms with van der Waals surface area (Å²) in [5.74, 6) is 3.69. The third-order valence-electron chi connectivity index (χ3n) is 6.38. The number of hydrogen-bond donors (Lipinski definition) is 2. The Labute approximate surface area is 228 Å². The molecule has 0 aliphatic carbocycles. The summed E-state index contributed by atoms with van der Waals surface area (Å²) in [6, 6.07) is 20.9. The summed E-state index contributed by atoms with van der Waals surface area (Å²) < 4.78 is 5.92. The highest BCUT2D eigenvalue weighted by Crippen LogP contribution is 2.28. The SMILES string of the molecule is CN(C)CCCOc1ccc2nc(-c3ccc(-c4nc5ccc(SCCCN(C)C)cc5[nH]4)cc3)[nH]c2c1. The van der Waals surface area contributed by atoms with Gasteiger partial charge in [0.05, 0.1) is 28.7 Å². The van der Waals surface area contributed by atoms with Gasteiger partial charge in [-0.3, -0.25) is 0 Å². The summed E-state index contributed by atoms with van der Waals surface area (Å²) in [7, 11) is 8.38. The second-order valence-electron chi connectivity index (χ2n) is 10.1. The van der Waals surface area contributed by atoms with Crippen LogP contribution in [-0.2, 0) is 0 Å². The maximum atomic E-state index is 5.92. The normalized spacial score (nSPS) is 11.8. The van der Waals surface area contributed by atoms with Gasteiger partial charge >= 0.3 is 0 Å². The van der Waals surface area contributed by atoms with E-state index in [1.165, 1.54) is 11.3 Å². The number of rotatable bonds is 12. The summed E-state index contributed by atoms with van der Waals surface area (Å²) in [5.41, 5.74) is 6.04. The van der Waals surface area contributed by atoms with Gasteiger partial charge in [0.1, 0.15) is 17.4 Å². The Balaban J connectivity index is 1.26. The summed E-state index contributed by atoms with van der Waals surface area (Å²) in [5, 5.41) is 0. The van der Waals surface area contributed by atoms with Crippen LogP contribution in [0.1, 0.15) is 12.8 Å². The molecule has 198 valence electrons. The summed E-state index contributed by atoms with van der Waals surface area (Å²) in [4.78, 5) is 22.2. The van der Waals surface area contributed by atoms with Crippen molar-refractivity contribution in [3.05, 3.63) is 60.7 Å². The minimum Gasteiger partial charge on any atom is -0.493 e. The van der Waals surface area contributed by atoms with Crippen LogP contribution in [-0.4, -0.2) is 83.4 Å². The van der Waals surface area contributed by atoms with Gasteiger partial charge < -0.3 is 24.5 Å². The van der Waals surface area contributed by atoms with Crippen molar-refractivity contribution in [3.63, 3.8) is 0 Å². The first-order valence-electron chi connectivity index (χ1n) is 13.1. The van der Waals surface area contributed by atoms with Crippen molar-refractivity contribution in [1.29, 1.82) is 0 Å². The van der Waals surface area contributed by atoms with E-state index < -0.39 is 0 Å². The number of nitrogens with zero attached hydrogens (tertiary/aromatic N) is 4. The van der Waals surface area contributed by atoms with Crippen LogP contribution >= 0.6 is 11.8 Å². The Morgan fingerprint density at radius 3 is 1.92 bits per heavy atom. The first-order valence-corrected chi connectivity index (χ1v) is 14.1. The van der Waals surface area contributed by atoms with Gasteiger partial charge in [-0.15, -0.1) is 11.8 Å². The summed E-state index contributed by atoms with van der Waals surface area (Å²) in [6.45, 7) is 2.82. The number of aromatic amines is 2. The van der Waals surface area contributed by atoms with E-state index in [0.717, 1.165) is 75.9 Å². The molecule has 0 saturated carbocycles. The summed E-state index contributed by atoms with van der Waals surface area (Å²) >= 11 is 1.90. The zero-order chi connectivity index (χ0) is 26.5. The second kappa shape index (κ2) is 12.0. The van der Waals surface area contributed by atoms with Gasteiger partial charge in [-0.05, 0) is 83.7 Å². The standard InChI is InChI=1S/C30H36N6OS/c1-35(2)15-5-17-37-23-11-13-25-27(19-23)33-29(31-25)21-7-9-22(10-8-21)30-32-26-14-12-24(20-28(26)34-30)38-18-6-16-36(3)4/h7-14,19-20H,5-6,15-18H2,1-4H3,(H,31,33)(H,32,34). The van der Waals surface area contributed by atoms with E-state index in [1.807, 2.05) is 30.0 Å². The van der Waals surface area contributed by atoms with Crippen LogP contribution in [0.4, 0.5) is 0 Å². The molecule has 7 nitrogen and oxygen atoms in total. The lowest BCUT2D eigenvalue weighted by atomic mass is 10.1. The first-order chi connectivity index (χ1) is 18.4. The predicted octanol–water partition coefficient (Wildman–Crippen LogP) is 6.15. The number of nitrogens with one attached hydrogen (secondary N) is 2. The highest BCUT2D eigenvalue weighted by Gasteiger charge is 2.10. The van der Waals surface area contributed by atoms with Crippen LogP contribution in [0.3, 0.4) is 0 Å². The smallest absolute Gasteiger partial charge is 0.138 e. The number of aromatic nitrogens is 4. The van der Waals surface area contributed by atoms with Gasteiger partial charge in [-0.2, -0.15) is 0 Å². The van der Waals surface area contributed by atoms with E-state index in [9.17, 15) is 0 Å². The molecule has 0 saturated heterocycles. The molecule has 2 heterocycles. The maximum Gasteiger partial charge on any atom is 0.138 e. The molecule has 38 heavy (non-hydrogen) atoms. The van der Waals surface area contributed by atoms with Gasteiger partial charge in [0, 0.05) is 28.6 Å². The molecule has 8 heteroatoms. The van der Waals surface area contributed by atoms with E-state index in [4.69, 9.17) is 14.7 Å². The van der Waals surface area contributed by atoms with Gasteiger partial charge in [0.15, 0.2) is 0 Å². The fourth-order valence-electron chi connectivity index (χ4n) is 4.36. The van der Waals surface area contributed by atoms with Crippen molar-refractivity contribution in [2.24, 2.45) is 0 Å². The molecule has 0 atom stereocenters. The first kappa shape index (κ1) is 26.3. The molecule has 0 aliphatic heterocycles. The van der Waals surface area contributed by atoms with E-state index in [-0.39, 0.29) is 0 Å². The quantitative estimate of drug-likeness (QED) is 0.150. The molecule has 2 N–H and O–H groups in total. The number of hydrogen-bond acceptors (Lipinski definition) is 6. The molecule has 0 unspecified atom stereocenters. The van der Waals surface area contributed by atoms with Gasteiger partial charge in [0.2, 0.25) is 0 Å². The Morgan fingerprint density at radius 2 is 1.29 bits per heavy atom. The van der Waals surface area contributed by atoms with Gasteiger partial charge in [-0.25, -0.2) is 9.97 Å². The number of thioether (sulfide) groups is 1. The van der Waals surface area contributed by atoms with E-state index >= 15 is 0 Å². The molecule has 2 aromatic heterocycles. The van der Waals surface area contributed by atoms with Crippen molar-refractivity contribution in [1.82, 2.24) is 29.7 Å². The predicted molar refractivity (Wildman–Crippen MR) is 159 cm³/mol. The molecule has 5 rings (SSSR count). The van der Waals surface area contributed by atoms with Crippen molar-refractivity contribution >= 4 is 33.8 Å². The maximum absolute atomic E-state index is 5.92. The molecule has 0 aliphatic rings. The Kier molecular flexibility index (Phi) is 8.32. The number of benzene rings is 3. The van der Waals surface area contributed by atoms with Crippen LogP contribution in [0.25, 0.3) is 44.8 Å². The lowest BCUT2D eigenvalue weighted by molar-refractivity contribution is 0.282. The van der Waals surface area contributed by atoms with Crippen LogP contribution in [0.15, 0.2) is 65.6 Å².